The molecule has 0 unspecified atom stereocenters. The number of methoxy groups -OCH3 is 2. The van der Waals surface area contributed by atoms with Gasteiger partial charge in [0.25, 0.3) is 0 Å². The van der Waals surface area contributed by atoms with Crippen LogP contribution in [0.15, 0.2) is 60.7 Å². The number of carbonyl (C=O) groups excluding carboxylic acids is 2. The lowest BCUT2D eigenvalue weighted by Gasteiger charge is -2.34. The quantitative estimate of drug-likeness (QED) is 0.0734. The van der Waals surface area contributed by atoms with Crippen molar-refractivity contribution in [3.05, 3.63) is 77.4 Å². The predicted molar refractivity (Wildman–Crippen MR) is 180 cm³/mol. The molecule has 47 heavy (non-hydrogen) atoms. The molecule has 0 aromatic heterocycles. The van der Waals surface area contributed by atoms with Crippen molar-refractivity contribution in [3.63, 3.8) is 0 Å². The van der Waals surface area contributed by atoms with E-state index in [-0.39, 0.29) is 42.2 Å². The van der Waals surface area contributed by atoms with Gasteiger partial charge < -0.3 is 28.4 Å². The van der Waals surface area contributed by atoms with E-state index in [1.165, 1.54) is 14.2 Å². The van der Waals surface area contributed by atoms with Gasteiger partial charge in [0.05, 0.1) is 26.7 Å². The van der Waals surface area contributed by atoms with E-state index in [1.54, 1.807) is 0 Å². The summed E-state index contributed by atoms with van der Waals surface area (Å²) in [5.41, 5.74) is 2.91. The monoisotopic (exact) mass is 644 g/mol. The van der Waals surface area contributed by atoms with Crippen LogP contribution in [-0.4, -0.2) is 39.6 Å². The molecule has 2 aromatic carbocycles. The molecule has 2 heterocycles. The maximum Gasteiger partial charge on any atom is 0.311 e. The van der Waals surface area contributed by atoms with Crippen LogP contribution >= 0.6 is 0 Å². The molecule has 1 fully saturated rings. The van der Waals surface area contributed by atoms with Gasteiger partial charge in [-0.05, 0) is 85.9 Å². The molecule has 0 N–H and O–H groups in total. The highest BCUT2D eigenvalue weighted by Crippen LogP contribution is 2.52. The van der Waals surface area contributed by atoms with Gasteiger partial charge in [0, 0.05) is 18.3 Å². The maximum atomic E-state index is 13.0. The number of carbonyl (C=O) groups is 2. The predicted octanol–water partition coefficient (Wildman–Crippen LogP) is 8.40. The smallest absolute Gasteiger partial charge is 0.311 e. The lowest BCUT2D eigenvalue weighted by atomic mass is 9.67. The lowest BCUT2D eigenvalue weighted by molar-refractivity contribution is -0.141. The molecule has 2 aliphatic heterocycles. The van der Waals surface area contributed by atoms with Crippen molar-refractivity contribution in [2.75, 3.05) is 27.6 Å². The van der Waals surface area contributed by atoms with Crippen LogP contribution in [0.2, 0.25) is 0 Å². The van der Waals surface area contributed by atoms with Crippen LogP contribution in [0.3, 0.4) is 0 Å². The van der Waals surface area contributed by atoms with E-state index in [1.807, 2.05) is 24.3 Å². The minimum atomic E-state index is -0.359. The number of hydrogen-bond acceptors (Lipinski definition) is 8. The summed E-state index contributed by atoms with van der Waals surface area (Å²) in [4.78, 5) is 25.9. The summed E-state index contributed by atoms with van der Waals surface area (Å²) >= 11 is 0. The van der Waals surface area contributed by atoms with Gasteiger partial charge in [0.15, 0.2) is 23.0 Å². The highest BCUT2D eigenvalue weighted by molar-refractivity contribution is 5.79. The summed E-state index contributed by atoms with van der Waals surface area (Å²) in [5, 5.41) is 0. The fourth-order valence-corrected chi connectivity index (χ4v) is 6.74. The molecule has 0 spiro atoms. The number of cyclic esters (lactones) is 1. The van der Waals surface area contributed by atoms with Gasteiger partial charge in [-0.2, -0.15) is 0 Å². The summed E-state index contributed by atoms with van der Waals surface area (Å²) in [7, 11) is 3.07. The molecular formula is C39H48O8. The summed E-state index contributed by atoms with van der Waals surface area (Å²) in [5.74, 6) is 1.19. The minimum absolute atomic E-state index is 0.0386. The maximum absolute atomic E-state index is 13.0. The Balaban J connectivity index is 1.15. The van der Waals surface area contributed by atoms with Crippen LogP contribution in [0.25, 0.3) is 0 Å². The fraction of sp³-hybridized carbons (Fsp3) is 0.487. The van der Waals surface area contributed by atoms with Gasteiger partial charge in [-0.1, -0.05) is 62.6 Å². The van der Waals surface area contributed by atoms with Crippen LogP contribution in [0.4, 0.5) is 0 Å². The molecule has 0 amide bonds. The Labute approximate surface area is 278 Å². The molecule has 2 aromatic rings. The van der Waals surface area contributed by atoms with Crippen molar-refractivity contribution in [1.82, 2.24) is 0 Å². The highest BCUT2D eigenvalue weighted by Gasteiger charge is 2.48. The van der Waals surface area contributed by atoms with E-state index >= 15 is 0 Å². The topological polar surface area (TPSA) is 89.5 Å². The molecule has 8 heteroatoms. The van der Waals surface area contributed by atoms with Crippen LogP contribution in [-0.2, 0) is 20.7 Å². The van der Waals surface area contributed by atoms with Crippen LogP contribution < -0.4 is 23.7 Å². The number of hydrogen-bond donors (Lipinski definition) is 0. The molecule has 5 rings (SSSR count). The summed E-state index contributed by atoms with van der Waals surface area (Å²) in [6, 6.07) is 7.67. The Kier molecular flexibility index (Phi) is 12.4. The first kappa shape index (κ1) is 34.1. The fourth-order valence-electron chi connectivity index (χ4n) is 6.74. The molecule has 3 aliphatic rings. The third-order valence-electron chi connectivity index (χ3n) is 9.12. The van der Waals surface area contributed by atoms with Crippen molar-refractivity contribution < 1.29 is 38.0 Å². The minimum Gasteiger partial charge on any atom is -0.493 e. The molecule has 1 aliphatic carbocycles. The second-order valence-corrected chi connectivity index (χ2v) is 12.3. The molecule has 1 saturated heterocycles. The summed E-state index contributed by atoms with van der Waals surface area (Å²) < 4.78 is 34.1. The van der Waals surface area contributed by atoms with E-state index in [4.69, 9.17) is 28.4 Å². The summed E-state index contributed by atoms with van der Waals surface area (Å²) in [6.07, 6.45) is 23.6. The van der Waals surface area contributed by atoms with E-state index in [9.17, 15) is 9.59 Å². The molecule has 0 radical (unpaired) electrons. The number of allylic oxidation sites excluding steroid dienone is 6. The van der Waals surface area contributed by atoms with Gasteiger partial charge in [-0.25, -0.2) is 0 Å². The van der Waals surface area contributed by atoms with E-state index in [0.717, 1.165) is 80.9 Å². The normalized spacial score (nSPS) is 19.7. The van der Waals surface area contributed by atoms with Crippen molar-refractivity contribution in [1.29, 1.82) is 0 Å². The summed E-state index contributed by atoms with van der Waals surface area (Å²) in [6.45, 7) is 2.70. The number of unbranched alkanes of at least 4 members (excludes halogenated alkanes) is 5. The number of benzene rings is 2. The second-order valence-electron chi connectivity index (χ2n) is 12.3. The van der Waals surface area contributed by atoms with Crippen molar-refractivity contribution in [2.24, 2.45) is 11.8 Å². The average molecular weight is 645 g/mol. The van der Waals surface area contributed by atoms with Crippen molar-refractivity contribution in [3.8, 4) is 28.7 Å². The Morgan fingerprint density at radius 2 is 1.49 bits per heavy atom. The average Bonchev–Trinajstić information content (AvgIpc) is 3.70. The molecular weight excluding hydrogens is 596 g/mol. The van der Waals surface area contributed by atoms with Crippen molar-refractivity contribution >= 4 is 11.9 Å². The zero-order chi connectivity index (χ0) is 33.0. The zero-order valence-electron chi connectivity index (χ0n) is 28.0. The van der Waals surface area contributed by atoms with Crippen LogP contribution in [0.5, 0.6) is 28.7 Å². The Morgan fingerprint density at radius 3 is 2.21 bits per heavy atom. The molecule has 3 atom stereocenters. The Morgan fingerprint density at radius 1 is 0.830 bits per heavy atom. The first-order chi connectivity index (χ1) is 23.0. The van der Waals surface area contributed by atoms with Crippen LogP contribution in [0.1, 0.15) is 93.7 Å². The first-order valence-corrected chi connectivity index (χ1v) is 17.0. The van der Waals surface area contributed by atoms with E-state index in [2.05, 4.69) is 43.4 Å². The molecule has 0 bridgehead atoms. The van der Waals surface area contributed by atoms with Crippen LogP contribution in [0, 0.1) is 11.8 Å². The number of rotatable bonds is 17. The molecule has 0 saturated carbocycles. The molecule has 252 valence electrons. The zero-order valence-corrected chi connectivity index (χ0v) is 28.0. The van der Waals surface area contributed by atoms with Gasteiger partial charge in [0.2, 0.25) is 12.5 Å². The number of fused-ring (bicyclic) bond motifs is 3. The van der Waals surface area contributed by atoms with Gasteiger partial charge in [0.1, 0.15) is 0 Å². The third kappa shape index (κ3) is 8.59. The van der Waals surface area contributed by atoms with Gasteiger partial charge in [-0.3, -0.25) is 9.59 Å². The van der Waals surface area contributed by atoms with E-state index < -0.39 is 0 Å². The van der Waals surface area contributed by atoms with Gasteiger partial charge >= 0.3 is 11.9 Å². The first-order valence-electron chi connectivity index (χ1n) is 17.0. The van der Waals surface area contributed by atoms with E-state index in [0.29, 0.717) is 36.0 Å². The molecule has 8 nitrogen and oxygen atoms in total. The Hall–Kier alpha value is -4.20. The third-order valence-corrected chi connectivity index (χ3v) is 9.12. The standard InChI is InChI=1S/C39H48O8/c1-4-5-6-7-8-9-10-11-12-13-14-15-16-17-18-19-35(40)47-38-33(42-2)22-28(23-34(38)43-3)36-30-24-32-31(45-26-46-32)21-27(30)20-29-25-44-39(41)37(29)36/h5-6,8-9,11-12,21-24,29,36-37H,4,7,10,13-20,25-26H2,1-3H3/b6-5-,9-8-,12-11-/t29-,36+,37-/m0/s1. The number of esters is 2. The largest absolute Gasteiger partial charge is 0.493 e. The second kappa shape index (κ2) is 17.1. The van der Waals surface area contributed by atoms with Gasteiger partial charge in [-0.15, -0.1) is 0 Å². The SMILES string of the molecule is CC/C=C\C/C=C\C/C=C\CCCCCCCC(=O)Oc1c(OC)cc([C@@H]2c3cc4c(cc3C[C@H]3COC(=O)[C@@H]32)OCO4)cc1OC. The number of ether oxygens (including phenoxy) is 6. The lowest BCUT2D eigenvalue weighted by Crippen LogP contribution is -2.31. The Bertz CT molecular complexity index is 1450. The highest BCUT2D eigenvalue weighted by atomic mass is 16.7. The van der Waals surface area contributed by atoms with Crippen molar-refractivity contribution in [2.45, 2.75) is 83.5 Å².